The van der Waals surface area contributed by atoms with Crippen molar-refractivity contribution in [3.63, 3.8) is 0 Å². The van der Waals surface area contributed by atoms with Gasteiger partial charge >= 0.3 is 6.16 Å². The molecule has 2 aliphatic heterocycles. The van der Waals surface area contributed by atoms with Gasteiger partial charge in [-0.1, -0.05) is 30.4 Å². The molecule has 156 valence electrons. The molecule has 0 bridgehead atoms. The average Bonchev–Trinajstić information content (AvgIpc) is 2.91. The number of benzene rings is 1. The maximum absolute atomic E-state index is 13.1. The smallest absolute Gasteiger partial charge is 0.430 e. The zero-order valence-electron chi connectivity index (χ0n) is 17.5. The molecule has 0 aromatic heterocycles. The fourth-order valence-corrected chi connectivity index (χ4v) is 4.27. The maximum atomic E-state index is 13.1. The Morgan fingerprint density at radius 3 is 2.41 bits per heavy atom. The lowest BCUT2D eigenvalue weighted by atomic mass is 9.85. The molecule has 1 spiro atoms. The van der Waals surface area contributed by atoms with Gasteiger partial charge in [-0.05, 0) is 50.3 Å². The zero-order chi connectivity index (χ0) is 21.2. The summed E-state index contributed by atoms with van der Waals surface area (Å²) in [4.78, 5) is 30.8. The topological polar surface area (TPSA) is 77.1 Å². The van der Waals surface area contributed by atoms with E-state index in [1.165, 1.54) is 6.08 Å². The lowest BCUT2D eigenvalue weighted by Crippen LogP contribution is -2.53. The summed E-state index contributed by atoms with van der Waals surface area (Å²) in [5.41, 5.74) is 3.46. The van der Waals surface area contributed by atoms with Crippen LogP contribution in [0.4, 0.5) is 4.79 Å². The van der Waals surface area contributed by atoms with Gasteiger partial charge in [-0.2, -0.15) is 5.06 Å². The lowest BCUT2D eigenvalue weighted by molar-refractivity contribution is -0.152. The quantitative estimate of drug-likeness (QED) is 0.604. The molecule has 0 atom stereocenters. The van der Waals surface area contributed by atoms with Crippen LogP contribution in [0, 0.1) is 20.8 Å². The predicted octanol–water partition coefficient (Wildman–Crippen LogP) is 3.19. The molecule has 1 aromatic rings. The fourth-order valence-electron chi connectivity index (χ4n) is 4.27. The number of carbonyl (C=O) groups is 2. The molecule has 29 heavy (non-hydrogen) atoms. The van der Waals surface area contributed by atoms with Crippen LogP contribution in [0.5, 0.6) is 0 Å². The van der Waals surface area contributed by atoms with Gasteiger partial charge in [-0.25, -0.2) is 4.79 Å². The Hall–Kier alpha value is -2.64. The van der Waals surface area contributed by atoms with Gasteiger partial charge in [0.1, 0.15) is 12.1 Å². The molecule has 2 heterocycles. The normalized spacial score (nSPS) is 18.7. The van der Waals surface area contributed by atoms with E-state index in [1.54, 1.807) is 7.11 Å². The van der Waals surface area contributed by atoms with Crippen LogP contribution in [-0.2, 0) is 19.1 Å². The van der Waals surface area contributed by atoms with E-state index in [2.05, 4.69) is 11.9 Å². The number of nitrogens with zero attached hydrogens (tertiary/aromatic N) is 1. The highest BCUT2D eigenvalue weighted by Crippen LogP contribution is 2.42. The summed E-state index contributed by atoms with van der Waals surface area (Å²) < 4.78 is 10.7. The van der Waals surface area contributed by atoms with Gasteiger partial charge in [0.25, 0.3) is 5.91 Å². The van der Waals surface area contributed by atoms with Crippen molar-refractivity contribution in [2.75, 3.05) is 26.8 Å². The van der Waals surface area contributed by atoms with Crippen LogP contribution in [0.25, 0.3) is 5.57 Å². The molecule has 1 aromatic carbocycles. The van der Waals surface area contributed by atoms with Gasteiger partial charge < -0.3 is 19.6 Å². The number of carbonyl (C=O) groups excluding carboxylic acids is 2. The van der Waals surface area contributed by atoms with Crippen LogP contribution in [-0.4, -0.2) is 49.5 Å². The Balaban J connectivity index is 2.10. The van der Waals surface area contributed by atoms with Gasteiger partial charge in [-0.3, -0.25) is 4.79 Å². The first-order valence-corrected chi connectivity index (χ1v) is 9.71. The summed E-state index contributed by atoms with van der Waals surface area (Å²) >= 11 is 0. The highest BCUT2D eigenvalue weighted by Gasteiger charge is 2.50. The first-order chi connectivity index (χ1) is 13.8. The van der Waals surface area contributed by atoms with Crippen molar-refractivity contribution >= 4 is 17.6 Å². The summed E-state index contributed by atoms with van der Waals surface area (Å²) in [7, 11) is 1.62. The Kier molecular flexibility index (Phi) is 6.10. The molecular weight excluding hydrogens is 372 g/mol. The van der Waals surface area contributed by atoms with E-state index in [0.717, 1.165) is 22.3 Å². The summed E-state index contributed by atoms with van der Waals surface area (Å²) in [6.07, 6.45) is 1.74. The molecule has 2 aliphatic rings. The number of hydrogen-bond acceptors (Lipinski definition) is 6. The zero-order valence-corrected chi connectivity index (χ0v) is 17.5. The highest BCUT2D eigenvalue weighted by molar-refractivity contribution is 6.24. The number of piperidine rings is 1. The molecule has 1 N–H and O–H groups in total. The third-order valence-electron chi connectivity index (χ3n) is 5.51. The summed E-state index contributed by atoms with van der Waals surface area (Å²) in [6, 6.07) is 4.05. The second-order valence-corrected chi connectivity index (χ2v) is 7.58. The minimum atomic E-state index is -0.843. The standard InChI is InChI=1S/C22H28N2O5/c1-6-11-28-21(26)29-19-18(17-15(3)12-14(2)13-16(17)4)20(25)23-22(19)7-9-24(27-5)10-8-22/h6,12-13H,1,7-11H2,2-5H3,(H,23,25). The van der Waals surface area contributed by atoms with Crippen LogP contribution < -0.4 is 5.32 Å². The van der Waals surface area contributed by atoms with E-state index in [0.29, 0.717) is 37.3 Å². The van der Waals surface area contributed by atoms with Crippen molar-refractivity contribution < 1.29 is 23.9 Å². The van der Waals surface area contributed by atoms with Gasteiger partial charge in [-0.15, -0.1) is 0 Å². The number of nitrogens with one attached hydrogen (secondary N) is 1. The molecule has 0 aliphatic carbocycles. The van der Waals surface area contributed by atoms with Crippen LogP contribution in [0.1, 0.15) is 35.1 Å². The molecule has 1 saturated heterocycles. The van der Waals surface area contributed by atoms with Gasteiger partial charge in [0.2, 0.25) is 0 Å². The molecular formula is C22H28N2O5. The highest BCUT2D eigenvalue weighted by atomic mass is 16.7. The monoisotopic (exact) mass is 400 g/mol. The van der Waals surface area contributed by atoms with Crippen molar-refractivity contribution in [2.24, 2.45) is 0 Å². The van der Waals surface area contributed by atoms with Gasteiger partial charge in [0.15, 0.2) is 5.76 Å². The number of ether oxygens (including phenoxy) is 2. The van der Waals surface area contributed by atoms with Crippen LogP contribution in [0.15, 0.2) is 30.5 Å². The van der Waals surface area contributed by atoms with Crippen molar-refractivity contribution in [3.8, 4) is 0 Å². The summed E-state index contributed by atoms with van der Waals surface area (Å²) in [5, 5.41) is 4.92. The number of aryl methyl sites for hydroxylation is 3. The molecule has 7 nitrogen and oxygen atoms in total. The number of rotatable bonds is 5. The van der Waals surface area contributed by atoms with Crippen LogP contribution in [0.2, 0.25) is 0 Å². The third kappa shape index (κ3) is 4.06. The Labute approximate surface area is 171 Å². The number of hydrogen-bond donors (Lipinski definition) is 1. The summed E-state index contributed by atoms with van der Waals surface area (Å²) in [6.45, 7) is 10.7. The molecule has 1 fully saturated rings. The molecule has 0 radical (unpaired) electrons. The Morgan fingerprint density at radius 2 is 1.86 bits per heavy atom. The average molecular weight is 400 g/mol. The molecule has 1 amide bonds. The van der Waals surface area contributed by atoms with E-state index < -0.39 is 11.7 Å². The Bertz CT molecular complexity index is 843. The second-order valence-electron chi connectivity index (χ2n) is 7.58. The van der Waals surface area contributed by atoms with Gasteiger partial charge in [0.05, 0.1) is 12.7 Å². The lowest BCUT2D eigenvalue weighted by Gasteiger charge is -2.38. The molecule has 0 saturated carbocycles. The van der Waals surface area contributed by atoms with Crippen LogP contribution >= 0.6 is 0 Å². The van der Waals surface area contributed by atoms with Crippen molar-refractivity contribution in [3.05, 3.63) is 52.8 Å². The first-order valence-electron chi connectivity index (χ1n) is 9.71. The van der Waals surface area contributed by atoms with Crippen molar-refractivity contribution in [2.45, 2.75) is 39.2 Å². The van der Waals surface area contributed by atoms with E-state index >= 15 is 0 Å². The first kappa shape index (κ1) is 21.1. The van der Waals surface area contributed by atoms with Gasteiger partial charge in [0, 0.05) is 13.1 Å². The number of hydroxylamine groups is 2. The van der Waals surface area contributed by atoms with Crippen molar-refractivity contribution in [1.82, 2.24) is 10.4 Å². The minimum Gasteiger partial charge on any atom is -0.430 e. The van der Waals surface area contributed by atoms with E-state index in [1.807, 2.05) is 38.0 Å². The van der Waals surface area contributed by atoms with E-state index in [4.69, 9.17) is 14.3 Å². The number of amides is 1. The molecule has 7 heteroatoms. The SMILES string of the molecule is C=CCOC(=O)OC1=C(c2c(C)cc(C)cc2C)C(=O)NC12CCN(OC)CC2. The maximum Gasteiger partial charge on any atom is 0.513 e. The van der Waals surface area contributed by atoms with Crippen LogP contribution in [0.3, 0.4) is 0 Å². The van der Waals surface area contributed by atoms with E-state index in [9.17, 15) is 9.59 Å². The Morgan fingerprint density at radius 1 is 1.24 bits per heavy atom. The summed E-state index contributed by atoms with van der Waals surface area (Å²) in [5.74, 6) is 0.0970. The fraction of sp³-hybridized carbons (Fsp3) is 0.455. The third-order valence-corrected chi connectivity index (χ3v) is 5.51. The predicted molar refractivity (Wildman–Crippen MR) is 109 cm³/mol. The second kappa shape index (κ2) is 8.39. The molecule has 0 unspecified atom stereocenters. The minimum absolute atomic E-state index is 0.0376. The molecule has 3 rings (SSSR count). The van der Waals surface area contributed by atoms with Crippen molar-refractivity contribution in [1.29, 1.82) is 0 Å². The van der Waals surface area contributed by atoms with E-state index in [-0.39, 0.29) is 12.5 Å². The largest absolute Gasteiger partial charge is 0.513 e.